The Labute approximate surface area is 181 Å². The lowest BCUT2D eigenvalue weighted by Crippen LogP contribution is -2.15. The van der Waals surface area contributed by atoms with E-state index in [2.05, 4.69) is 105 Å². The van der Waals surface area contributed by atoms with Gasteiger partial charge < -0.3 is 4.74 Å². The average Bonchev–Trinajstić information content (AvgIpc) is 3.11. The number of rotatable bonds is 7. The predicted octanol–water partition coefficient (Wildman–Crippen LogP) is 6.05. The van der Waals surface area contributed by atoms with Gasteiger partial charge in [-0.1, -0.05) is 101 Å². The fraction of sp³-hybridized carbons (Fsp3) is 0.462. The van der Waals surface area contributed by atoms with E-state index in [1.807, 2.05) is 6.07 Å². The van der Waals surface area contributed by atoms with Crippen molar-refractivity contribution in [2.75, 3.05) is 6.61 Å². The highest BCUT2D eigenvalue weighted by Gasteiger charge is 2.25. The molecule has 0 spiro atoms. The Morgan fingerprint density at radius 2 is 1.47 bits per heavy atom. The van der Waals surface area contributed by atoms with Crippen LogP contribution in [0.15, 0.2) is 54.6 Å². The highest BCUT2D eigenvalue weighted by Crippen LogP contribution is 2.31. The quantitative estimate of drug-likeness (QED) is 0.480. The monoisotopic (exact) mass is 405 g/mol. The molecule has 0 saturated carbocycles. The Balaban J connectivity index is 1.81. The van der Waals surface area contributed by atoms with Crippen molar-refractivity contribution in [2.24, 2.45) is 5.41 Å². The molecule has 0 amide bonds. The van der Waals surface area contributed by atoms with Gasteiger partial charge in [-0.3, -0.25) is 0 Å². The normalized spacial score (nSPS) is 12.3. The number of benzene rings is 2. The van der Waals surface area contributed by atoms with Crippen LogP contribution in [0.2, 0.25) is 0 Å². The summed E-state index contributed by atoms with van der Waals surface area (Å²) < 4.78 is 8.04. The number of aromatic nitrogens is 3. The number of nitrogens with zero attached hydrogens (tertiary/aromatic N) is 3. The maximum absolute atomic E-state index is 5.98. The molecule has 0 aliphatic carbocycles. The minimum absolute atomic E-state index is 0.0673. The minimum Gasteiger partial charge on any atom is -0.376 e. The van der Waals surface area contributed by atoms with Gasteiger partial charge in [0.05, 0.1) is 24.6 Å². The Morgan fingerprint density at radius 1 is 0.833 bits per heavy atom. The molecule has 0 bridgehead atoms. The first-order valence-electron chi connectivity index (χ1n) is 10.8. The highest BCUT2D eigenvalue weighted by atomic mass is 16.5. The van der Waals surface area contributed by atoms with E-state index in [4.69, 9.17) is 4.74 Å². The molecular weight excluding hydrogens is 370 g/mol. The van der Waals surface area contributed by atoms with Crippen LogP contribution < -0.4 is 0 Å². The van der Waals surface area contributed by atoms with Crippen molar-refractivity contribution in [3.63, 3.8) is 0 Å². The first-order chi connectivity index (χ1) is 14.1. The lowest BCUT2D eigenvalue weighted by Gasteiger charge is -2.19. The van der Waals surface area contributed by atoms with Gasteiger partial charge in [-0.05, 0) is 23.0 Å². The molecule has 1 heterocycles. The molecule has 0 N–H and O–H groups in total. The molecule has 3 aromatic rings. The van der Waals surface area contributed by atoms with Gasteiger partial charge in [-0.15, -0.1) is 5.10 Å². The fourth-order valence-electron chi connectivity index (χ4n) is 3.49. The molecule has 3 rings (SSSR count). The van der Waals surface area contributed by atoms with Crippen molar-refractivity contribution in [2.45, 2.75) is 66.5 Å². The lowest BCUT2D eigenvalue weighted by atomic mass is 9.89. The van der Waals surface area contributed by atoms with Crippen molar-refractivity contribution >= 4 is 0 Å². The number of ether oxygens (including phenoxy) is 1. The van der Waals surface area contributed by atoms with E-state index in [9.17, 15) is 0 Å². The van der Waals surface area contributed by atoms with E-state index in [-0.39, 0.29) is 10.8 Å². The Hall–Kier alpha value is -2.46. The molecule has 30 heavy (non-hydrogen) atoms. The van der Waals surface area contributed by atoms with Gasteiger partial charge >= 0.3 is 0 Å². The van der Waals surface area contributed by atoms with Crippen LogP contribution in [-0.2, 0) is 29.7 Å². The second-order valence-electron chi connectivity index (χ2n) is 10.2. The zero-order chi connectivity index (χ0) is 21.8. The van der Waals surface area contributed by atoms with E-state index in [1.54, 1.807) is 0 Å². The molecule has 1 aromatic heterocycles. The number of hydrogen-bond acceptors (Lipinski definition) is 3. The van der Waals surface area contributed by atoms with Gasteiger partial charge in [0.25, 0.3) is 0 Å². The Bertz CT molecular complexity index is 946. The van der Waals surface area contributed by atoms with Crippen molar-refractivity contribution in [3.8, 4) is 11.3 Å². The summed E-state index contributed by atoms with van der Waals surface area (Å²) in [7, 11) is 0. The Morgan fingerprint density at radius 3 is 2.10 bits per heavy atom. The van der Waals surface area contributed by atoms with E-state index in [1.165, 1.54) is 11.1 Å². The first kappa shape index (κ1) is 22.2. The summed E-state index contributed by atoms with van der Waals surface area (Å²) >= 11 is 0. The van der Waals surface area contributed by atoms with E-state index in [0.717, 1.165) is 36.5 Å². The summed E-state index contributed by atoms with van der Waals surface area (Å²) in [6.45, 7) is 15.3. The van der Waals surface area contributed by atoms with Crippen LogP contribution in [0.25, 0.3) is 11.3 Å². The fourth-order valence-corrected chi connectivity index (χ4v) is 3.49. The molecular formula is C26H35N3O. The van der Waals surface area contributed by atoms with Gasteiger partial charge in [0.15, 0.2) is 0 Å². The minimum atomic E-state index is -0.0673. The third kappa shape index (κ3) is 5.79. The van der Waals surface area contributed by atoms with Gasteiger partial charge in [0, 0.05) is 17.5 Å². The van der Waals surface area contributed by atoms with Crippen LogP contribution in [0.4, 0.5) is 0 Å². The molecule has 0 aliphatic heterocycles. The van der Waals surface area contributed by atoms with Crippen molar-refractivity contribution in [3.05, 3.63) is 71.4 Å². The summed E-state index contributed by atoms with van der Waals surface area (Å²) in [5.74, 6) is 0. The topological polar surface area (TPSA) is 39.9 Å². The number of hydrogen-bond donors (Lipinski definition) is 0. The van der Waals surface area contributed by atoms with E-state index in [0.29, 0.717) is 6.61 Å². The van der Waals surface area contributed by atoms with Gasteiger partial charge in [0.2, 0.25) is 0 Å². The van der Waals surface area contributed by atoms with Gasteiger partial charge in [-0.25, -0.2) is 4.68 Å². The second-order valence-corrected chi connectivity index (χ2v) is 10.2. The maximum atomic E-state index is 5.98. The molecule has 0 atom stereocenters. The van der Waals surface area contributed by atoms with Crippen molar-refractivity contribution < 1.29 is 4.74 Å². The maximum Gasteiger partial charge on any atom is 0.0960 e. The van der Waals surface area contributed by atoms with Crippen LogP contribution in [-0.4, -0.2) is 21.6 Å². The number of aryl methyl sites for hydroxylation is 2. The summed E-state index contributed by atoms with van der Waals surface area (Å²) in [5.41, 5.74) is 5.97. The van der Waals surface area contributed by atoms with Crippen molar-refractivity contribution in [1.29, 1.82) is 0 Å². The molecule has 0 saturated heterocycles. The largest absolute Gasteiger partial charge is 0.376 e. The molecule has 2 aromatic carbocycles. The molecule has 0 fully saturated rings. The molecule has 0 aliphatic rings. The summed E-state index contributed by atoms with van der Waals surface area (Å²) in [6, 6.07) is 19.0. The molecule has 4 heteroatoms. The van der Waals surface area contributed by atoms with Crippen LogP contribution >= 0.6 is 0 Å². The van der Waals surface area contributed by atoms with E-state index < -0.39 is 0 Å². The van der Waals surface area contributed by atoms with Crippen LogP contribution in [0, 0.1) is 5.41 Å². The van der Waals surface area contributed by atoms with Crippen LogP contribution in [0.5, 0.6) is 0 Å². The standard InChI is InChI=1S/C26H35N3O/c1-25(2,3)19-30-18-22-15-11-10-12-20(22)16-17-29-23(21-13-8-7-9-14-21)24(27-28-29)26(4,5)6/h7-15H,16-19H2,1-6H3. The summed E-state index contributed by atoms with van der Waals surface area (Å²) in [6.07, 6.45) is 0.891. The van der Waals surface area contributed by atoms with Crippen LogP contribution in [0.3, 0.4) is 0 Å². The summed E-state index contributed by atoms with van der Waals surface area (Å²) in [5, 5.41) is 9.10. The third-order valence-electron chi connectivity index (χ3n) is 5.00. The predicted molar refractivity (Wildman–Crippen MR) is 123 cm³/mol. The van der Waals surface area contributed by atoms with Gasteiger partial charge in [0.1, 0.15) is 0 Å². The molecule has 4 nitrogen and oxygen atoms in total. The zero-order valence-corrected chi connectivity index (χ0v) is 19.3. The molecule has 0 radical (unpaired) electrons. The Kier molecular flexibility index (Phi) is 6.77. The van der Waals surface area contributed by atoms with Gasteiger partial charge in [-0.2, -0.15) is 0 Å². The van der Waals surface area contributed by atoms with Crippen LogP contribution in [0.1, 0.15) is 58.4 Å². The smallest absolute Gasteiger partial charge is 0.0960 e. The first-order valence-corrected chi connectivity index (χ1v) is 10.8. The summed E-state index contributed by atoms with van der Waals surface area (Å²) in [4.78, 5) is 0. The van der Waals surface area contributed by atoms with E-state index >= 15 is 0 Å². The molecule has 160 valence electrons. The third-order valence-corrected chi connectivity index (χ3v) is 5.00. The van der Waals surface area contributed by atoms with Crippen molar-refractivity contribution in [1.82, 2.24) is 15.0 Å². The zero-order valence-electron chi connectivity index (χ0n) is 19.3. The SMILES string of the molecule is CC(C)(C)COCc1ccccc1CCn1nnc(C(C)(C)C)c1-c1ccccc1. The molecule has 0 unspecified atom stereocenters. The lowest BCUT2D eigenvalue weighted by molar-refractivity contribution is 0.0595. The second kappa shape index (κ2) is 9.13. The highest BCUT2D eigenvalue weighted by molar-refractivity contribution is 5.63. The average molecular weight is 406 g/mol.